The molecule has 1 aliphatic heterocycles. The fraction of sp³-hybridized carbons (Fsp3) is 0.286. The van der Waals surface area contributed by atoms with Crippen LogP contribution in [0.15, 0.2) is 42.6 Å². The van der Waals surface area contributed by atoms with Gasteiger partial charge in [-0.1, -0.05) is 23.7 Å². The van der Waals surface area contributed by atoms with Crippen molar-refractivity contribution in [1.82, 2.24) is 9.97 Å². The molecule has 4 nitrogen and oxygen atoms in total. The molecule has 0 unspecified atom stereocenters. The highest BCUT2D eigenvalue weighted by atomic mass is 35.5. The van der Waals surface area contributed by atoms with Crippen molar-refractivity contribution in [3.05, 3.63) is 47.7 Å². The van der Waals surface area contributed by atoms with Crippen molar-refractivity contribution in [3.63, 3.8) is 0 Å². The molecule has 0 N–H and O–H groups in total. The Labute approximate surface area is 117 Å². The Balaban J connectivity index is 1.67. The highest BCUT2D eigenvalue weighted by molar-refractivity contribution is 6.29. The van der Waals surface area contributed by atoms with Gasteiger partial charge in [0.25, 0.3) is 0 Å². The standard InChI is InChI=1S/C14H15ClN4/c15-12-4-3-6-14(17-12)19-10-8-18(9-11-19)13-5-1-2-7-16-13/h1-7H,8-11H2. The molecule has 1 saturated heterocycles. The number of nitrogens with zero attached hydrogens (tertiary/aromatic N) is 4. The molecule has 19 heavy (non-hydrogen) atoms. The molecule has 3 heterocycles. The van der Waals surface area contributed by atoms with E-state index in [4.69, 9.17) is 11.6 Å². The zero-order valence-corrected chi connectivity index (χ0v) is 11.3. The maximum absolute atomic E-state index is 5.93. The summed E-state index contributed by atoms with van der Waals surface area (Å²) in [7, 11) is 0. The molecule has 2 aromatic rings. The lowest BCUT2D eigenvalue weighted by Gasteiger charge is -2.36. The van der Waals surface area contributed by atoms with Crippen LogP contribution in [-0.2, 0) is 0 Å². The number of aromatic nitrogens is 2. The predicted octanol–water partition coefficient (Wildman–Crippen LogP) is 2.46. The summed E-state index contributed by atoms with van der Waals surface area (Å²) in [6.07, 6.45) is 1.83. The number of anilines is 2. The number of hydrogen-bond donors (Lipinski definition) is 0. The Morgan fingerprint density at radius 1 is 0.842 bits per heavy atom. The average molecular weight is 275 g/mol. The zero-order valence-electron chi connectivity index (χ0n) is 10.5. The van der Waals surface area contributed by atoms with Gasteiger partial charge in [-0.05, 0) is 24.3 Å². The maximum atomic E-state index is 5.93. The highest BCUT2D eigenvalue weighted by Gasteiger charge is 2.18. The second-order valence-electron chi connectivity index (χ2n) is 4.48. The van der Waals surface area contributed by atoms with Crippen LogP contribution in [0.2, 0.25) is 5.15 Å². The summed E-state index contributed by atoms with van der Waals surface area (Å²) in [4.78, 5) is 13.3. The number of pyridine rings is 2. The normalized spacial score (nSPS) is 15.6. The van der Waals surface area contributed by atoms with Crippen molar-refractivity contribution < 1.29 is 0 Å². The lowest BCUT2D eigenvalue weighted by molar-refractivity contribution is 0.642. The van der Waals surface area contributed by atoms with E-state index < -0.39 is 0 Å². The third kappa shape index (κ3) is 2.79. The van der Waals surface area contributed by atoms with Gasteiger partial charge in [0.05, 0.1) is 0 Å². The van der Waals surface area contributed by atoms with Gasteiger partial charge in [-0.3, -0.25) is 0 Å². The van der Waals surface area contributed by atoms with Gasteiger partial charge in [-0.2, -0.15) is 0 Å². The molecular weight excluding hydrogens is 260 g/mol. The first kappa shape index (κ1) is 12.2. The molecule has 98 valence electrons. The molecule has 1 aliphatic rings. The van der Waals surface area contributed by atoms with E-state index in [1.54, 1.807) is 6.07 Å². The Morgan fingerprint density at radius 3 is 2.16 bits per heavy atom. The van der Waals surface area contributed by atoms with E-state index in [0.29, 0.717) is 5.15 Å². The third-order valence-electron chi connectivity index (χ3n) is 3.28. The molecule has 0 bridgehead atoms. The number of piperazine rings is 1. The van der Waals surface area contributed by atoms with E-state index in [9.17, 15) is 0 Å². The zero-order chi connectivity index (χ0) is 13.1. The Kier molecular flexibility index (Phi) is 3.51. The van der Waals surface area contributed by atoms with E-state index >= 15 is 0 Å². The molecule has 3 rings (SSSR count). The van der Waals surface area contributed by atoms with Gasteiger partial charge in [-0.15, -0.1) is 0 Å². The van der Waals surface area contributed by atoms with Crippen LogP contribution in [0, 0.1) is 0 Å². The Bertz CT molecular complexity index is 538. The SMILES string of the molecule is Clc1cccc(N2CCN(c3ccccn3)CC2)n1. The Morgan fingerprint density at radius 2 is 1.53 bits per heavy atom. The van der Waals surface area contributed by atoms with Gasteiger partial charge in [0.2, 0.25) is 0 Å². The van der Waals surface area contributed by atoms with Crippen molar-refractivity contribution in [2.24, 2.45) is 0 Å². The Hall–Kier alpha value is -1.81. The van der Waals surface area contributed by atoms with Crippen LogP contribution in [-0.4, -0.2) is 36.1 Å². The van der Waals surface area contributed by atoms with Crippen LogP contribution in [0.3, 0.4) is 0 Å². The van der Waals surface area contributed by atoms with Crippen molar-refractivity contribution in [2.75, 3.05) is 36.0 Å². The second kappa shape index (κ2) is 5.45. The molecule has 2 aromatic heterocycles. The number of rotatable bonds is 2. The minimum atomic E-state index is 0.546. The summed E-state index contributed by atoms with van der Waals surface area (Å²) in [6, 6.07) is 11.8. The van der Waals surface area contributed by atoms with Crippen LogP contribution >= 0.6 is 11.6 Å². The average Bonchev–Trinajstić information content (AvgIpc) is 2.48. The van der Waals surface area contributed by atoms with Crippen molar-refractivity contribution in [3.8, 4) is 0 Å². The lowest BCUT2D eigenvalue weighted by Crippen LogP contribution is -2.47. The van der Waals surface area contributed by atoms with Gasteiger partial charge < -0.3 is 9.80 Å². The molecule has 0 spiro atoms. The van der Waals surface area contributed by atoms with Gasteiger partial charge in [0, 0.05) is 32.4 Å². The largest absolute Gasteiger partial charge is 0.353 e. The van der Waals surface area contributed by atoms with Crippen molar-refractivity contribution >= 4 is 23.2 Å². The van der Waals surface area contributed by atoms with Crippen LogP contribution in [0.25, 0.3) is 0 Å². The smallest absolute Gasteiger partial charge is 0.131 e. The summed E-state index contributed by atoms with van der Waals surface area (Å²) in [5.74, 6) is 1.99. The molecule has 0 atom stereocenters. The molecule has 1 fully saturated rings. The quantitative estimate of drug-likeness (QED) is 0.788. The summed E-state index contributed by atoms with van der Waals surface area (Å²) in [5.41, 5.74) is 0. The summed E-state index contributed by atoms with van der Waals surface area (Å²) >= 11 is 5.93. The predicted molar refractivity (Wildman–Crippen MR) is 77.9 cm³/mol. The summed E-state index contributed by atoms with van der Waals surface area (Å²) < 4.78 is 0. The van der Waals surface area contributed by atoms with Gasteiger partial charge in [0.1, 0.15) is 16.8 Å². The van der Waals surface area contributed by atoms with Crippen LogP contribution in [0.1, 0.15) is 0 Å². The lowest BCUT2D eigenvalue weighted by atomic mass is 10.3. The first-order valence-electron chi connectivity index (χ1n) is 6.36. The van der Waals surface area contributed by atoms with Crippen molar-refractivity contribution in [2.45, 2.75) is 0 Å². The van der Waals surface area contributed by atoms with Gasteiger partial charge in [0.15, 0.2) is 0 Å². The fourth-order valence-corrected chi connectivity index (χ4v) is 2.44. The van der Waals surface area contributed by atoms with E-state index in [2.05, 4.69) is 19.8 Å². The molecular formula is C14H15ClN4. The monoisotopic (exact) mass is 274 g/mol. The van der Waals surface area contributed by atoms with Crippen LogP contribution in [0.5, 0.6) is 0 Å². The minimum Gasteiger partial charge on any atom is -0.353 e. The molecule has 0 saturated carbocycles. The minimum absolute atomic E-state index is 0.546. The van der Waals surface area contributed by atoms with E-state index in [1.807, 2.05) is 36.5 Å². The van der Waals surface area contributed by atoms with E-state index in [0.717, 1.165) is 37.8 Å². The second-order valence-corrected chi connectivity index (χ2v) is 4.87. The molecule has 0 aromatic carbocycles. The third-order valence-corrected chi connectivity index (χ3v) is 3.49. The van der Waals surface area contributed by atoms with E-state index in [-0.39, 0.29) is 0 Å². The topological polar surface area (TPSA) is 32.3 Å². The summed E-state index contributed by atoms with van der Waals surface area (Å²) in [6.45, 7) is 3.77. The first-order valence-corrected chi connectivity index (χ1v) is 6.74. The van der Waals surface area contributed by atoms with Crippen molar-refractivity contribution in [1.29, 1.82) is 0 Å². The number of halogens is 1. The maximum Gasteiger partial charge on any atom is 0.131 e. The van der Waals surface area contributed by atoms with Gasteiger partial charge in [-0.25, -0.2) is 9.97 Å². The first-order chi connectivity index (χ1) is 9.33. The molecule has 0 amide bonds. The highest BCUT2D eigenvalue weighted by Crippen LogP contribution is 2.18. The molecule has 5 heteroatoms. The van der Waals surface area contributed by atoms with Crippen LogP contribution < -0.4 is 9.80 Å². The molecule has 0 aliphatic carbocycles. The van der Waals surface area contributed by atoms with E-state index in [1.165, 1.54) is 0 Å². The fourth-order valence-electron chi connectivity index (χ4n) is 2.28. The number of hydrogen-bond acceptors (Lipinski definition) is 4. The van der Waals surface area contributed by atoms with Crippen LogP contribution in [0.4, 0.5) is 11.6 Å². The van der Waals surface area contributed by atoms with Gasteiger partial charge >= 0.3 is 0 Å². The molecule has 0 radical (unpaired) electrons. The summed E-state index contributed by atoms with van der Waals surface area (Å²) in [5, 5.41) is 0.546.